The van der Waals surface area contributed by atoms with Gasteiger partial charge in [-0.2, -0.15) is 0 Å². The SMILES string of the molecule is O=C(COc1ccccc1C(=O)NCCC(=O)N1CCCC1)Nc1ccc(Br)cc1. The molecule has 0 bridgehead atoms. The number of carbonyl (C=O) groups excluding carboxylic acids is 3. The summed E-state index contributed by atoms with van der Waals surface area (Å²) >= 11 is 3.34. The first-order valence-electron chi connectivity index (χ1n) is 9.86. The molecule has 158 valence electrons. The van der Waals surface area contributed by atoms with E-state index in [0.717, 1.165) is 30.4 Å². The van der Waals surface area contributed by atoms with Crippen LogP contribution in [0.3, 0.4) is 0 Å². The number of likely N-dealkylation sites (tertiary alicyclic amines) is 1. The van der Waals surface area contributed by atoms with Crippen molar-refractivity contribution in [1.29, 1.82) is 0 Å². The van der Waals surface area contributed by atoms with Gasteiger partial charge >= 0.3 is 0 Å². The van der Waals surface area contributed by atoms with Crippen molar-refractivity contribution < 1.29 is 19.1 Å². The molecular weight excluding hydrogens is 450 g/mol. The fourth-order valence-electron chi connectivity index (χ4n) is 3.16. The maximum atomic E-state index is 12.5. The van der Waals surface area contributed by atoms with Gasteiger partial charge in [0.05, 0.1) is 5.56 Å². The summed E-state index contributed by atoms with van der Waals surface area (Å²) in [6, 6.07) is 13.9. The largest absolute Gasteiger partial charge is 0.483 e. The lowest BCUT2D eigenvalue weighted by Gasteiger charge is -2.15. The lowest BCUT2D eigenvalue weighted by atomic mass is 10.2. The van der Waals surface area contributed by atoms with Crippen molar-refractivity contribution in [2.75, 3.05) is 31.6 Å². The number of amides is 3. The van der Waals surface area contributed by atoms with Gasteiger partial charge in [0.1, 0.15) is 5.75 Å². The van der Waals surface area contributed by atoms with E-state index in [-0.39, 0.29) is 37.3 Å². The number of anilines is 1. The zero-order chi connectivity index (χ0) is 21.3. The van der Waals surface area contributed by atoms with Crippen molar-refractivity contribution in [1.82, 2.24) is 10.2 Å². The van der Waals surface area contributed by atoms with Crippen molar-refractivity contribution in [2.24, 2.45) is 0 Å². The number of rotatable bonds is 8. The Morgan fingerprint density at radius 3 is 2.43 bits per heavy atom. The molecule has 30 heavy (non-hydrogen) atoms. The molecule has 1 aliphatic heterocycles. The summed E-state index contributed by atoms with van der Waals surface area (Å²) in [6.45, 7) is 1.62. The summed E-state index contributed by atoms with van der Waals surface area (Å²) in [6.07, 6.45) is 2.35. The Hall–Kier alpha value is -2.87. The number of hydrogen-bond donors (Lipinski definition) is 2. The lowest BCUT2D eigenvalue weighted by molar-refractivity contribution is -0.130. The van der Waals surface area contributed by atoms with Gasteiger partial charge in [-0.1, -0.05) is 28.1 Å². The fraction of sp³-hybridized carbons (Fsp3) is 0.318. The van der Waals surface area contributed by atoms with Crippen LogP contribution in [0.1, 0.15) is 29.6 Å². The molecule has 8 heteroatoms. The minimum atomic E-state index is -0.340. The molecular formula is C22H24BrN3O4. The molecule has 0 aromatic heterocycles. The molecule has 7 nitrogen and oxygen atoms in total. The Morgan fingerprint density at radius 1 is 1.00 bits per heavy atom. The molecule has 0 aliphatic carbocycles. The van der Waals surface area contributed by atoms with Gasteiger partial charge in [-0.3, -0.25) is 14.4 Å². The predicted octanol–water partition coefficient (Wildman–Crippen LogP) is 3.21. The summed E-state index contributed by atoms with van der Waals surface area (Å²) in [5.41, 5.74) is 0.975. The topological polar surface area (TPSA) is 87.7 Å². The first kappa shape index (κ1) is 21.8. The van der Waals surface area contributed by atoms with Crippen LogP contribution in [0, 0.1) is 0 Å². The second-order valence-electron chi connectivity index (χ2n) is 6.93. The average Bonchev–Trinajstić information content (AvgIpc) is 3.29. The molecule has 2 aromatic carbocycles. The molecule has 3 rings (SSSR count). The van der Waals surface area contributed by atoms with E-state index in [1.165, 1.54) is 0 Å². The molecule has 2 N–H and O–H groups in total. The average molecular weight is 474 g/mol. The summed E-state index contributed by atoms with van der Waals surface area (Å²) in [5.74, 6) is -0.300. The molecule has 0 spiro atoms. The molecule has 1 aliphatic rings. The van der Waals surface area contributed by atoms with Gasteiger partial charge < -0.3 is 20.3 Å². The number of halogens is 1. The van der Waals surface area contributed by atoms with E-state index in [9.17, 15) is 14.4 Å². The molecule has 2 aromatic rings. The number of para-hydroxylation sites is 1. The quantitative estimate of drug-likeness (QED) is 0.615. The van der Waals surface area contributed by atoms with Gasteiger partial charge in [0.25, 0.3) is 11.8 Å². The molecule has 3 amide bonds. The summed E-state index contributed by atoms with van der Waals surface area (Å²) < 4.78 is 6.48. The zero-order valence-electron chi connectivity index (χ0n) is 16.5. The first-order valence-corrected chi connectivity index (χ1v) is 10.7. The van der Waals surface area contributed by atoms with E-state index < -0.39 is 0 Å². The van der Waals surface area contributed by atoms with Gasteiger partial charge in [-0.15, -0.1) is 0 Å². The molecule has 0 radical (unpaired) electrons. The monoisotopic (exact) mass is 473 g/mol. The van der Waals surface area contributed by atoms with Crippen LogP contribution < -0.4 is 15.4 Å². The zero-order valence-corrected chi connectivity index (χ0v) is 18.1. The van der Waals surface area contributed by atoms with Crippen LogP contribution >= 0.6 is 15.9 Å². The number of carbonyl (C=O) groups is 3. The second-order valence-corrected chi connectivity index (χ2v) is 7.85. The van der Waals surface area contributed by atoms with Crippen LogP contribution in [0.5, 0.6) is 5.75 Å². The third-order valence-corrected chi connectivity index (χ3v) is 5.23. The van der Waals surface area contributed by atoms with E-state index in [1.54, 1.807) is 36.4 Å². The molecule has 0 saturated carbocycles. The number of ether oxygens (including phenoxy) is 1. The highest BCUT2D eigenvalue weighted by atomic mass is 79.9. The van der Waals surface area contributed by atoms with E-state index in [1.807, 2.05) is 17.0 Å². The van der Waals surface area contributed by atoms with Gasteiger partial charge in [0.2, 0.25) is 5.91 Å². The minimum absolute atomic E-state index is 0.0574. The third kappa shape index (κ3) is 6.32. The van der Waals surface area contributed by atoms with Crippen molar-refractivity contribution in [3.63, 3.8) is 0 Å². The molecule has 0 atom stereocenters. The summed E-state index contributed by atoms with van der Waals surface area (Å²) in [4.78, 5) is 38.6. The number of hydrogen-bond acceptors (Lipinski definition) is 4. The third-order valence-electron chi connectivity index (χ3n) is 4.70. The highest BCUT2D eigenvalue weighted by molar-refractivity contribution is 9.10. The number of nitrogens with one attached hydrogen (secondary N) is 2. The Morgan fingerprint density at radius 2 is 1.70 bits per heavy atom. The number of benzene rings is 2. The van der Waals surface area contributed by atoms with Crippen LogP contribution in [0.15, 0.2) is 53.0 Å². The Kier molecular flexibility index (Phi) is 7.84. The van der Waals surface area contributed by atoms with E-state index in [2.05, 4.69) is 26.6 Å². The molecule has 0 unspecified atom stereocenters. The van der Waals surface area contributed by atoms with Gasteiger partial charge in [-0.05, 0) is 49.2 Å². The van der Waals surface area contributed by atoms with Crippen LogP contribution in [0.4, 0.5) is 5.69 Å². The smallest absolute Gasteiger partial charge is 0.262 e. The van der Waals surface area contributed by atoms with E-state index in [0.29, 0.717) is 17.0 Å². The Balaban J connectivity index is 1.49. The van der Waals surface area contributed by atoms with Gasteiger partial charge in [0, 0.05) is 36.2 Å². The molecule has 1 heterocycles. The van der Waals surface area contributed by atoms with Gasteiger partial charge in [-0.25, -0.2) is 0 Å². The normalized spacial score (nSPS) is 13.0. The van der Waals surface area contributed by atoms with Crippen LogP contribution in [-0.2, 0) is 9.59 Å². The maximum absolute atomic E-state index is 12.5. The standard InChI is InChI=1S/C22H24BrN3O4/c23-16-7-9-17(10-8-16)25-20(27)15-30-19-6-2-1-5-18(19)22(29)24-12-11-21(28)26-13-3-4-14-26/h1-2,5-10H,3-4,11-15H2,(H,24,29)(H,25,27). The Bertz CT molecular complexity index is 896. The molecule has 1 saturated heterocycles. The summed E-state index contributed by atoms with van der Waals surface area (Å²) in [7, 11) is 0. The fourth-order valence-corrected chi connectivity index (χ4v) is 3.42. The van der Waals surface area contributed by atoms with E-state index in [4.69, 9.17) is 4.74 Å². The Labute approximate surface area is 183 Å². The predicted molar refractivity (Wildman–Crippen MR) is 117 cm³/mol. The summed E-state index contributed by atoms with van der Waals surface area (Å²) in [5, 5.41) is 5.49. The maximum Gasteiger partial charge on any atom is 0.262 e. The van der Waals surface area contributed by atoms with Gasteiger partial charge in [0.15, 0.2) is 6.61 Å². The van der Waals surface area contributed by atoms with E-state index >= 15 is 0 Å². The van der Waals surface area contributed by atoms with Crippen molar-refractivity contribution >= 4 is 39.3 Å². The lowest BCUT2D eigenvalue weighted by Crippen LogP contribution is -2.33. The highest BCUT2D eigenvalue weighted by Crippen LogP contribution is 2.18. The van der Waals surface area contributed by atoms with Crippen LogP contribution in [0.2, 0.25) is 0 Å². The van der Waals surface area contributed by atoms with Crippen molar-refractivity contribution in [3.8, 4) is 5.75 Å². The second kappa shape index (κ2) is 10.8. The number of nitrogens with zero attached hydrogens (tertiary/aromatic N) is 1. The van der Waals surface area contributed by atoms with Crippen LogP contribution in [0.25, 0.3) is 0 Å². The molecule has 1 fully saturated rings. The van der Waals surface area contributed by atoms with Crippen molar-refractivity contribution in [2.45, 2.75) is 19.3 Å². The highest BCUT2D eigenvalue weighted by Gasteiger charge is 2.18. The first-order chi connectivity index (χ1) is 14.5. The van der Waals surface area contributed by atoms with Crippen LogP contribution in [-0.4, -0.2) is 48.9 Å². The minimum Gasteiger partial charge on any atom is -0.483 e. The van der Waals surface area contributed by atoms with Crippen molar-refractivity contribution in [3.05, 3.63) is 58.6 Å².